The number of rotatable bonds is 9. The van der Waals surface area contributed by atoms with Crippen molar-refractivity contribution in [3.8, 4) is 5.75 Å². The van der Waals surface area contributed by atoms with E-state index in [0.717, 1.165) is 35.8 Å². The first-order valence-electron chi connectivity index (χ1n) is 12.3. The lowest BCUT2D eigenvalue weighted by molar-refractivity contribution is 0.0924. The number of methoxy groups -OCH3 is 1. The molecule has 0 radical (unpaired) electrons. The Kier molecular flexibility index (Phi) is 8.32. The lowest BCUT2D eigenvalue weighted by Gasteiger charge is -2.35. The van der Waals surface area contributed by atoms with Gasteiger partial charge in [0.05, 0.1) is 13.2 Å². The zero-order valence-electron chi connectivity index (χ0n) is 20.9. The zero-order valence-corrected chi connectivity index (χ0v) is 20.9. The van der Waals surface area contributed by atoms with E-state index in [-0.39, 0.29) is 11.9 Å². The van der Waals surface area contributed by atoms with Crippen LogP contribution in [0.1, 0.15) is 58.2 Å². The number of aryl methyl sites for hydroxylation is 2. The molecule has 1 unspecified atom stereocenters. The van der Waals surface area contributed by atoms with Gasteiger partial charge in [-0.3, -0.25) is 9.69 Å². The van der Waals surface area contributed by atoms with Gasteiger partial charge in [-0.15, -0.1) is 0 Å². The van der Waals surface area contributed by atoms with Crippen LogP contribution in [0.3, 0.4) is 0 Å². The number of hydrogen-bond acceptors (Lipinski definition) is 6. The summed E-state index contributed by atoms with van der Waals surface area (Å²) in [5.74, 6) is 1.37. The molecular formula is C28H35N5O2. The number of ether oxygens (including phenoxy) is 1. The summed E-state index contributed by atoms with van der Waals surface area (Å²) < 4.78 is 5.32. The van der Waals surface area contributed by atoms with Crippen LogP contribution in [0.5, 0.6) is 5.75 Å². The van der Waals surface area contributed by atoms with Gasteiger partial charge in [-0.05, 0) is 81.2 Å². The van der Waals surface area contributed by atoms with Gasteiger partial charge in [0.25, 0.3) is 5.91 Å². The third kappa shape index (κ3) is 6.79. The fourth-order valence-corrected chi connectivity index (χ4v) is 4.61. The Morgan fingerprint density at radius 2 is 1.71 bits per heavy atom. The van der Waals surface area contributed by atoms with Gasteiger partial charge in [-0.2, -0.15) is 0 Å². The molecule has 1 aromatic heterocycles. The number of amides is 1. The van der Waals surface area contributed by atoms with Crippen molar-refractivity contribution in [2.75, 3.05) is 32.1 Å². The summed E-state index contributed by atoms with van der Waals surface area (Å²) >= 11 is 0. The molecule has 2 aromatic carbocycles. The summed E-state index contributed by atoms with van der Waals surface area (Å²) in [5, 5.41) is 6.44. The van der Waals surface area contributed by atoms with E-state index in [4.69, 9.17) is 4.74 Å². The van der Waals surface area contributed by atoms with Gasteiger partial charge < -0.3 is 15.4 Å². The van der Waals surface area contributed by atoms with Gasteiger partial charge in [0, 0.05) is 30.0 Å². The predicted octanol–water partition coefficient (Wildman–Crippen LogP) is 4.67. The van der Waals surface area contributed by atoms with Gasteiger partial charge in [-0.25, -0.2) is 9.97 Å². The third-order valence-electron chi connectivity index (χ3n) is 6.41. The first-order valence-corrected chi connectivity index (χ1v) is 12.3. The van der Waals surface area contributed by atoms with Crippen LogP contribution in [0.2, 0.25) is 0 Å². The van der Waals surface area contributed by atoms with Crippen molar-refractivity contribution in [1.29, 1.82) is 0 Å². The largest absolute Gasteiger partial charge is 0.497 e. The van der Waals surface area contributed by atoms with Crippen LogP contribution < -0.4 is 15.4 Å². The Labute approximate surface area is 207 Å². The average molecular weight is 474 g/mol. The van der Waals surface area contributed by atoms with Crippen molar-refractivity contribution in [1.82, 2.24) is 20.2 Å². The summed E-state index contributed by atoms with van der Waals surface area (Å²) in [6.45, 7) is 7.11. The third-order valence-corrected chi connectivity index (χ3v) is 6.41. The highest BCUT2D eigenvalue weighted by molar-refractivity contribution is 5.94. The normalized spacial score (nSPS) is 14.8. The predicted molar refractivity (Wildman–Crippen MR) is 139 cm³/mol. The van der Waals surface area contributed by atoms with Crippen LogP contribution in [-0.4, -0.2) is 47.5 Å². The smallest absolute Gasteiger partial charge is 0.251 e. The van der Waals surface area contributed by atoms with Crippen LogP contribution >= 0.6 is 0 Å². The highest BCUT2D eigenvalue weighted by Crippen LogP contribution is 2.26. The molecule has 184 valence electrons. The molecule has 1 atom stereocenters. The molecule has 3 aromatic rings. The van der Waals surface area contributed by atoms with Crippen molar-refractivity contribution >= 4 is 11.9 Å². The monoisotopic (exact) mass is 473 g/mol. The Bertz CT molecular complexity index is 1110. The fraction of sp³-hybridized carbons (Fsp3) is 0.393. The van der Waals surface area contributed by atoms with Gasteiger partial charge in [-0.1, -0.05) is 30.7 Å². The summed E-state index contributed by atoms with van der Waals surface area (Å²) in [5.41, 5.74) is 4.70. The quantitative estimate of drug-likeness (QED) is 0.470. The van der Waals surface area contributed by atoms with Crippen molar-refractivity contribution in [3.63, 3.8) is 0 Å². The lowest BCUT2D eigenvalue weighted by Crippen LogP contribution is -2.40. The maximum atomic E-state index is 13.1. The molecule has 1 aliphatic heterocycles. The van der Waals surface area contributed by atoms with E-state index in [2.05, 4.69) is 37.6 Å². The first kappa shape index (κ1) is 24.7. The lowest BCUT2D eigenvalue weighted by atomic mass is 10.0. The first-order chi connectivity index (χ1) is 17.0. The SMILES string of the molecule is COc1ccc(C(CNC(=O)c2cccc(CNc3nc(C)cc(C)n3)c2)N2CCCCC2)cc1. The number of nitrogens with zero attached hydrogens (tertiary/aromatic N) is 3. The molecular weight excluding hydrogens is 438 g/mol. The molecule has 35 heavy (non-hydrogen) atoms. The summed E-state index contributed by atoms with van der Waals surface area (Å²) in [7, 11) is 1.68. The molecule has 1 aliphatic rings. The van der Waals surface area contributed by atoms with E-state index in [1.807, 2.05) is 56.3 Å². The molecule has 1 saturated heterocycles. The molecule has 0 bridgehead atoms. The van der Waals surface area contributed by atoms with E-state index in [1.54, 1.807) is 7.11 Å². The molecule has 1 fully saturated rings. The zero-order chi connectivity index (χ0) is 24.6. The number of carbonyl (C=O) groups excluding carboxylic acids is 1. The summed E-state index contributed by atoms with van der Waals surface area (Å²) in [6.07, 6.45) is 3.66. The van der Waals surface area contributed by atoms with Crippen LogP contribution in [0.15, 0.2) is 54.6 Å². The van der Waals surface area contributed by atoms with E-state index in [0.29, 0.717) is 24.6 Å². The molecule has 2 heterocycles. The Balaban J connectivity index is 1.41. The van der Waals surface area contributed by atoms with Crippen molar-refractivity contribution in [2.24, 2.45) is 0 Å². The van der Waals surface area contributed by atoms with Crippen molar-refractivity contribution < 1.29 is 9.53 Å². The molecule has 2 N–H and O–H groups in total. The fourth-order valence-electron chi connectivity index (χ4n) is 4.61. The second-order valence-electron chi connectivity index (χ2n) is 9.12. The number of piperidine rings is 1. The maximum Gasteiger partial charge on any atom is 0.251 e. The van der Waals surface area contributed by atoms with Gasteiger partial charge >= 0.3 is 0 Å². The van der Waals surface area contributed by atoms with Gasteiger partial charge in [0.15, 0.2) is 0 Å². The highest BCUT2D eigenvalue weighted by atomic mass is 16.5. The van der Waals surface area contributed by atoms with E-state index >= 15 is 0 Å². The van der Waals surface area contributed by atoms with Crippen LogP contribution in [0.25, 0.3) is 0 Å². The molecule has 7 nitrogen and oxygen atoms in total. The molecule has 0 saturated carbocycles. The van der Waals surface area contributed by atoms with Crippen LogP contribution in [0, 0.1) is 13.8 Å². The second kappa shape index (κ2) is 11.8. The number of hydrogen-bond donors (Lipinski definition) is 2. The van der Waals surface area contributed by atoms with Crippen molar-refractivity contribution in [3.05, 3.63) is 82.7 Å². The molecule has 4 rings (SSSR count). The van der Waals surface area contributed by atoms with Crippen LogP contribution in [0.4, 0.5) is 5.95 Å². The van der Waals surface area contributed by atoms with E-state index in [9.17, 15) is 4.79 Å². The summed E-state index contributed by atoms with van der Waals surface area (Å²) in [4.78, 5) is 24.4. The van der Waals surface area contributed by atoms with E-state index in [1.165, 1.54) is 24.8 Å². The van der Waals surface area contributed by atoms with Gasteiger partial charge in [0.1, 0.15) is 5.75 Å². The Hall–Kier alpha value is -3.45. The molecule has 1 amide bonds. The number of likely N-dealkylation sites (tertiary alicyclic amines) is 1. The van der Waals surface area contributed by atoms with Gasteiger partial charge in [0.2, 0.25) is 5.95 Å². The summed E-state index contributed by atoms with van der Waals surface area (Å²) in [6, 6.07) is 18.0. The highest BCUT2D eigenvalue weighted by Gasteiger charge is 2.23. The Morgan fingerprint density at radius 1 is 1.00 bits per heavy atom. The van der Waals surface area contributed by atoms with E-state index < -0.39 is 0 Å². The average Bonchev–Trinajstić information content (AvgIpc) is 2.88. The number of anilines is 1. The standard InChI is InChI=1S/C28H35N5O2/c1-20-16-21(2)32-28(31-20)30-18-22-8-7-9-24(17-22)27(34)29-19-26(33-14-5-4-6-15-33)23-10-12-25(35-3)13-11-23/h7-13,16-17,26H,4-6,14-15,18-19H2,1-3H3,(H,29,34)(H,30,31,32). The van der Waals surface area contributed by atoms with Crippen LogP contribution in [-0.2, 0) is 6.54 Å². The minimum absolute atomic E-state index is 0.0648. The number of aromatic nitrogens is 2. The molecule has 0 spiro atoms. The van der Waals surface area contributed by atoms with Crippen molar-refractivity contribution in [2.45, 2.75) is 45.7 Å². The maximum absolute atomic E-state index is 13.1. The number of nitrogens with one attached hydrogen (secondary N) is 2. The number of carbonyl (C=O) groups is 1. The second-order valence-corrected chi connectivity index (χ2v) is 9.12. The molecule has 0 aliphatic carbocycles. The topological polar surface area (TPSA) is 79.4 Å². The minimum Gasteiger partial charge on any atom is -0.497 e. The minimum atomic E-state index is -0.0648. The number of benzene rings is 2. The molecule has 7 heteroatoms. The Morgan fingerprint density at radius 3 is 2.40 bits per heavy atom.